The van der Waals surface area contributed by atoms with Crippen LogP contribution in [-0.4, -0.2) is 15.0 Å². The van der Waals surface area contributed by atoms with E-state index in [0.29, 0.717) is 0 Å². The van der Waals surface area contributed by atoms with Crippen LogP contribution >= 0.6 is 23.7 Å². The first kappa shape index (κ1) is 7.37. The largest absolute Gasteiger partial charge is 0.242 e. The Labute approximate surface area is 67.6 Å². The van der Waals surface area contributed by atoms with Crippen molar-refractivity contribution >= 4 is 34.1 Å². The van der Waals surface area contributed by atoms with E-state index in [2.05, 4.69) is 15.0 Å². The maximum atomic E-state index is 4.01. The van der Waals surface area contributed by atoms with Crippen molar-refractivity contribution in [3.63, 3.8) is 0 Å². The summed E-state index contributed by atoms with van der Waals surface area (Å²) in [6.07, 6.45) is 3.24. The van der Waals surface area contributed by atoms with E-state index in [-0.39, 0.29) is 12.4 Å². The monoisotopic (exact) mass is 173 g/mol. The predicted molar refractivity (Wildman–Crippen MR) is 42.5 cm³/mol. The molecule has 5 heteroatoms. The molecule has 0 saturated carbocycles. The Morgan fingerprint density at radius 2 is 2.20 bits per heavy atom. The summed E-state index contributed by atoms with van der Waals surface area (Å²) in [7, 11) is 0. The zero-order valence-electron chi connectivity index (χ0n) is 4.89. The van der Waals surface area contributed by atoms with Crippen molar-refractivity contribution in [2.24, 2.45) is 0 Å². The second-order valence-electron chi connectivity index (χ2n) is 1.57. The summed E-state index contributed by atoms with van der Waals surface area (Å²) in [5.41, 5.74) is 2.64. The lowest BCUT2D eigenvalue weighted by molar-refractivity contribution is 1.22. The fraction of sp³-hybridized carbons (Fsp3) is 0. The molecule has 0 atom stereocenters. The summed E-state index contributed by atoms with van der Waals surface area (Å²) in [4.78, 5) is 12.8. The molecule has 0 N–H and O–H groups in total. The first-order chi connectivity index (χ1) is 4.47. The van der Waals surface area contributed by atoms with E-state index in [1.807, 2.05) is 0 Å². The van der Waals surface area contributed by atoms with Crippen LogP contribution in [0.1, 0.15) is 0 Å². The maximum Gasteiger partial charge on any atom is 0.146 e. The number of hydrogen-bond acceptors (Lipinski definition) is 4. The van der Waals surface area contributed by atoms with Crippen LogP contribution in [0.2, 0.25) is 0 Å². The fourth-order valence-electron chi connectivity index (χ4n) is 0.623. The van der Waals surface area contributed by atoms with Crippen molar-refractivity contribution in [3.8, 4) is 0 Å². The van der Waals surface area contributed by atoms with Crippen LogP contribution < -0.4 is 0 Å². The number of thiazole rings is 1. The predicted octanol–water partition coefficient (Wildman–Crippen LogP) is 1.51. The van der Waals surface area contributed by atoms with Gasteiger partial charge in [-0.2, -0.15) is 0 Å². The Kier molecular flexibility index (Phi) is 2.13. The van der Waals surface area contributed by atoms with Gasteiger partial charge < -0.3 is 0 Å². The van der Waals surface area contributed by atoms with Crippen molar-refractivity contribution in [1.82, 2.24) is 15.0 Å². The molecule has 2 aromatic heterocycles. The minimum atomic E-state index is 0. The molecule has 0 aliphatic carbocycles. The zero-order valence-corrected chi connectivity index (χ0v) is 6.52. The van der Waals surface area contributed by atoms with Gasteiger partial charge in [-0.25, -0.2) is 15.0 Å². The maximum absolute atomic E-state index is 4.01. The van der Waals surface area contributed by atoms with Crippen LogP contribution in [0.3, 0.4) is 0 Å². The molecular weight excluding hydrogens is 170 g/mol. The molecule has 0 fully saturated rings. The summed E-state index contributed by atoms with van der Waals surface area (Å²) in [5, 5.41) is 0. The average molecular weight is 174 g/mol. The first-order valence-corrected chi connectivity index (χ1v) is 3.34. The molecular formula is C5H4ClN3S. The van der Waals surface area contributed by atoms with Gasteiger partial charge in [-0.1, -0.05) is 0 Å². The lowest BCUT2D eigenvalue weighted by atomic mass is 10.6. The second-order valence-corrected chi connectivity index (χ2v) is 2.40. The van der Waals surface area contributed by atoms with E-state index in [4.69, 9.17) is 0 Å². The topological polar surface area (TPSA) is 38.7 Å². The first-order valence-electron chi connectivity index (χ1n) is 2.46. The van der Waals surface area contributed by atoms with Gasteiger partial charge in [0.15, 0.2) is 0 Å². The van der Waals surface area contributed by atoms with Gasteiger partial charge in [0.2, 0.25) is 0 Å². The van der Waals surface area contributed by atoms with E-state index in [9.17, 15) is 0 Å². The van der Waals surface area contributed by atoms with Crippen LogP contribution in [0.15, 0.2) is 18.0 Å². The van der Waals surface area contributed by atoms with Crippen molar-refractivity contribution in [2.75, 3.05) is 0 Å². The van der Waals surface area contributed by atoms with Gasteiger partial charge in [0.25, 0.3) is 0 Å². The van der Waals surface area contributed by atoms with Gasteiger partial charge in [-0.3, -0.25) is 0 Å². The van der Waals surface area contributed by atoms with Gasteiger partial charge in [0, 0.05) is 0 Å². The molecule has 2 rings (SSSR count). The zero-order chi connectivity index (χ0) is 6.10. The van der Waals surface area contributed by atoms with Crippen molar-refractivity contribution in [1.29, 1.82) is 0 Å². The van der Waals surface area contributed by atoms with Crippen LogP contribution in [0, 0.1) is 0 Å². The summed E-state index contributed by atoms with van der Waals surface area (Å²) < 4.78 is 0. The highest BCUT2D eigenvalue weighted by Crippen LogP contribution is 2.10. The number of rotatable bonds is 0. The smallest absolute Gasteiger partial charge is 0.146 e. The fourth-order valence-corrected chi connectivity index (χ4v) is 1.22. The summed E-state index contributed by atoms with van der Waals surface area (Å²) >= 11 is 1.53. The third-order valence-electron chi connectivity index (χ3n) is 1.01. The molecule has 0 aromatic carbocycles. The van der Waals surface area contributed by atoms with Crippen LogP contribution in [0.25, 0.3) is 10.3 Å². The van der Waals surface area contributed by atoms with Gasteiger partial charge in [0.1, 0.15) is 16.7 Å². The standard InChI is InChI=1S/C5H3N3S.ClH/c1-4-5(7-2-6-1)9-3-8-4;/h1-3H;1H. The molecule has 0 unspecified atom stereocenters. The Bertz CT molecular complexity index is 291. The van der Waals surface area contributed by atoms with E-state index in [0.717, 1.165) is 10.3 Å². The van der Waals surface area contributed by atoms with Gasteiger partial charge in [-0.15, -0.1) is 23.7 Å². The number of nitrogens with zero attached hydrogens (tertiary/aromatic N) is 3. The normalized spacial score (nSPS) is 9.20. The Balaban J connectivity index is 0.000000500. The van der Waals surface area contributed by atoms with Gasteiger partial charge in [-0.05, 0) is 0 Å². The summed E-state index contributed by atoms with van der Waals surface area (Å²) in [6.45, 7) is 0. The average Bonchev–Trinajstić information content (AvgIpc) is 2.33. The Morgan fingerprint density at radius 3 is 3.00 bits per heavy atom. The van der Waals surface area contributed by atoms with Crippen molar-refractivity contribution in [2.45, 2.75) is 0 Å². The van der Waals surface area contributed by atoms with Crippen molar-refractivity contribution < 1.29 is 0 Å². The quantitative estimate of drug-likeness (QED) is 0.606. The molecule has 0 radical (unpaired) electrons. The minimum absolute atomic E-state index is 0. The molecule has 0 aliphatic rings. The number of halogens is 1. The number of aromatic nitrogens is 3. The minimum Gasteiger partial charge on any atom is -0.242 e. The third kappa shape index (κ3) is 1.08. The van der Waals surface area contributed by atoms with Crippen LogP contribution in [0.4, 0.5) is 0 Å². The lowest BCUT2D eigenvalue weighted by Crippen LogP contribution is -1.73. The molecule has 3 nitrogen and oxygen atoms in total. The van der Waals surface area contributed by atoms with E-state index < -0.39 is 0 Å². The van der Waals surface area contributed by atoms with Crippen LogP contribution in [0.5, 0.6) is 0 Å². The van der Waals surface area contributed by atoms with E-state index >= 15 is 0 Å². The molecule has 10 heavy (non-hydrogen) atoms. The van der Waals surface area contributed by atoms with Crippen LogP contribution in [-0.2, 0) is 0 Å². The van der Waals surface area contributed by atoms with E-state index in [1.54, 1.807) is 11.7 Å². The Hall–Kier alpha value is -0.740. The third-order valence-corrected chi connectivity index (χ3v) is 1.76. The van der Waals surface area contributed by atoms with Crippen molar-refractivity contribution in [3.05, 3.63) is 18.0 Å². The highest BCUT2D eigenvalue weighted by Gasteiger charge is 1.92. The number of fused-ring (bicyclic) bond motifs is 1. The molecule has 0 aliphatic heterocycles. The molecule has 52 valence electrons. The summed E-state index contributed by atoms with van der Waals surface area (Å²) in [6, 6.07) is 0. The SMILES string of the molecule is Cl.c1ncc2ncsc2n1. The highest BCUT2D eigenvalue weighted by molar-refractivity contribution is 7.16. The number of hydrogen-bond donors (Lipinski definition) is 0. The summed E-state index contributed by atoms with van der Waals surface area (Å²) in [5.74, 6) is 0. The molecule has 2 aromatic rings. The second kappa shape index (κ2) is 2.90. The molecule has 0 bridgehead atoms. The molecule has 0 saturated heterocycles. The van der Waals surface area contributed by atoms with E-state index in [1.165, 1.54) is 17.7 Å². The van der Waals surface area contributed by atoms with Gasteiger partial charge in [0.05, 0.1) is 11.7 Å². The molecule has 2 heterocycles. The lowest BCUT2D eigenvalue weighted by Gasteiger charge is -1.79. The highest BCUT2D eigenvalue weighted by atomic mass is 35.5. The molecule has 0 spiro atoms. The van der Waals surface area contributed by atoms with Gasteiger partial charge >= 0.3 is 0 Å². The molecule has 0 amide bonds. The Morgan fingerprint density at radius 1 is 1.30 bits per heavy atom.